The maximum absolute atomic E-state index is 12.5. The second-order valence-corrected chi connectivity index (χ2v) is 5.17. The minimum atomic E-state index is -0.0659. The summed E-state index contributed by atoms with van der Waals surface area (Å²) in [7, 11) is 0. The molecule has 0 spiro atoms. The first-order valence-electron chi connectivity index (χ1n) is 6.94. The number of aryl methyl sites for hydroxylation is 1. The topological polar surface area (TPSA) is 52.6 Å². The highest BCUT2D eigenvalue weighted by molar-refractivity contribution is 5.97. The summed E-state index contributed by atoms with van der Waals surface area (Å²) in [5, 5.41) is 13.2. The largest absolute Gasteiger partial charge is 0.507 e. The average Bonchev–Trinajstić information content (AvgIpc) is 2.41. The number of carbonyl (C=O) groups is 1. The van der Waals surface area contributed by atoms with Crippen molar-refractivity contribution in [1.29, 1.82) is 0 Å². The van der Waals surface area contributed by atoms with Gasteiger partial charge in [0.15, 0.2) is 0 Å². The Morgan fingerprint density at radius 2 is 2.32 bits per heavy atom. The van der Waals surface area contributed by atoms with E-state index in [-0.39, 0.29) is 11.7 Å². The van der Waals surface area contributed by atoms with Gasteiger partial charge in [0.2, 0.25) is 0 Å². The molecule has 0 bridgehead atoms. The molecule has 1 fully saturated rings. The summed E-state index contributed by atoms with van der Waals surface area (Å²) in [5.41, 5.74) is 1.40. The van der Waals surface area contributed by atoms with Gasteiger partial charge in [0.25, 0.3) is 5.91 Å². The third kappa shape index (κ3) is 3.26. The van der Waals surface area contributed by atoms with E-state index >= 15 is 0 Å². The van der Waals surface area contributed by atoms with E-state index in [4.69, 9.17) is 0 Å². The molecule has 0 aliphatic carbocycles. The maximum Gasteiger partial charge on any atom is 0.257 e. The van der Waals surface area contributed by atoms with Gasteiger partial charge in [-0.25, -0.2) is 0 Å². The third-order valence-corrected chi connectivity index (χ3v) is 3.58. The Labute approximate surface area is 114 Å². The van der Waals surface area contributed by atoms with Crippen molar-refractivity contribution in [2.75, 3.05) is 19.6 Å². The van der Waals surface area contributed by atoms with Crippen LogP contribution in [0.1, 0.15) is 35.7 Å². The number of phenols is 1. The van der Waals surface area contributed by atoms with Crippen LogP contribution in [0.5, 0.6) is 5.75 Å². The third-order valence-electron chi connectivity index (χ3n) is 3.58. The van der Waals surface area contributed by atoms with Gasteiger partial charge >= 0.3 is 0 Å². The number of rotatable bonds is 3. The number of hydrogen-bond acceptors (Lipinski definition) is 3. The number of carbonyl (C=O) groups excluding carboxylic acids is 1. The van der Waals surface area contributed by atoms with Crippen LogP contribution in [0.2, 0.25) is 0 Å². The number of amides is 1. The number of benzene rings is 1. The van der Waals surface area contributed by atoms with Crippen molar-refractivity contribution >= 4 is 5.91 Å². The van der Waals surface area contributed by atoms with Gasteiger partial charge in [-0.1, -0.05) is 18.6 Å². The number of likely N-dealkylation sites (N-methyl/N-ethyl adjacent to an activating group) is 1. The van der Waals surface area contributed by atoms with Gasteiger partial charge in [-0.05, 0) is 38.4 Å². The van der Waals surface area contributed by atoms with Crippen LogP contribution >= 0.6 is 0 Å². The first kappa shape index (κ1) is 13.9. The van der Waals surface area contributed by atoms with E-state index in [9.17, 15) is 9.90 Å². The first-order chi connectivity index (χ1) is 9.11. The zero-order chi connectivity index (χ0) is 13.8. The first-order valence-corrected chi connectivity index (χ1v) is 6.94. The number of nitrogens with one attached hydrogen (secondary N) is 1. The second-order valence-electron chi connectivity index (χ2n) is 5.17. The molecule has 1 aromatic carbocycles. The molecule has 2 N–H and O–H groups in total. The molecule has 104 valence electrons. The monoisotopic (exact) mass is 262 g/mol. The highest BCUT2D eigenvalue weighted by Gasteiger charge is 2.25. The summed E-state index contributed by atoms with van der Waals surface area (Å²) >= 11 is 0. The van der Waals surface area contributed by atoms with E-state index < -0.39 is 0 Å². The molecule has 1 aliphatic heterocycles. The Hall–Kier alpha value is -1.55. The predicted octanol–water partition coefficient (Wildman–Crippen LogP) is 1.91. The molecule has 1 atom stereocenters. The van der Waals surface area contributed by atoms with Crippen LogP contribution in [0.15, 0.2) is 18.2 Å². The van der Waals surface area contributed by atoms with Crippen LogP contribution in [0.3, 0.4) is 0 Å². The maximum atomic E-state index is 12.5. The Kier molecular flexibility index (Phi) is 4.43. The number of nitrogens with zero attached hydrogens (tertiary/aromatic N) is 1. The molecule has 1 heterocycles. The van der Waals surface area contributed by atoms with Crippen molar-refractivity contribution in [2.24, 2.45) is 0 Å². The summed E-state index contributed by atoms with van der Waals surface area (Å²) in [6.07, 6.45) is 2.12. The smallest absolute Gasteiger partial charge is 0.257 e. The van der Waals surface area contributed by atoms with Crippen LogP contribution in [-0.4, -0.2) is 41.6 Å². The minimum Gasteiger partial charge on any atom is -0.507 e. The number of piperidine rings is 1. The van der Waals surface area contributed by atoms with Gasteiger partial charge in [0.05, 0.1) is 5.56 Å². The number of likely N-dealkylation sites (tertiary alicyclic amines) is 1. The average molecular weight is 262 g/mol. The second kappa shape index (κ2) is 6.06. The lowest BCUT2D eigenvalue weighted by atomic mass is 10.0. The molecule has 0 radical (unpaired) electrons. The quantitative estimate of drug-likeness (QED) is 0.875. The van der Waals surface area contributed by atoms with Crippen LogP contribution in [0.25, 0.3) is 0 Å². The fourth-order valence-corrected chi connectivity index (χ4v) is 2.61. The van der Waals surface area contributed by atoms with Crippen LogP contribution in [-0.2, 0) is 0 Å². The fraction of sp³-hybridized carbons (Fsp3) is 0.533. The molecule has 0 saturated carbocycles. The molecule has 1 saturated heterocycles. The summed E-state index contributed by atoms with van der Waals surface area (Å²) in [6, 6.07) is 5.53. The molecular weight excluding hydrogens is 240 g/mol. The predicted molar refractivity (Wildman–Crippen MR) is 75.4 cm³/mol. The highest BCUT2D eigenvalue weighted by atomic mass is 16.3. The van der Waals surface area contributed by atoms with Gasteiger partial charge in [0, 0.05) is 19.1 Å². The number of phenolic OH excluding ortho intramolecular Hbond substituents is 1. The molecule has 1 unspecified atom stereocenters. The Morgan fingerprint density at radius 3 is 3.05 bits per heavy atom. The summed E-state index contributed by atoms with van der Waals surface area (Å²) < 4.78 is 0. The molecular formula is C15H22N2O2. The molecule has 1 aliphatic rings. The normalized spacial score (nSPS) is 19.5. The minimum absolute atomic E-state index is 0.0659. The molecule has 19 heavy (non-hydrogen) atoms. The lowest BCUT2D eigenvalue weighted by Crippen LogP contribution is -2.47. The van der Waals surface area contributed by atoms with Crippen LogP contribution in [0, 0.1) is 6.92 Å². The molecule has 0 aromatic heterocycles. The fourth-order valence-electron chi connectivity index (χ4n) is 2.61. The van der Waals surface area contributed by atoms with E-state index in [0.717, 1.165) is 38.0 Å². The molecule has 4 heteroatoms. The summed E-state index contributed by atoms with van der Waals surface area (Å²) in [4.78, 5) is 14.3. The van der Waals surface area contributed by atoms with E-state index in [1.54, 1.807) is 12.1 Å². The standard InChI is InChI=1S/C15H22N2O2/c1-3-16-12-5-4-8-17(10-12)15(19)13-9-11(2)6-7-14(13)18/h6-7,9,12,16,18H,3-5,8,10H2,1-2H3. The lowest BCUT2D eigenvalue weighted by molar-refractivity contribution is 0.0692. The van der Waals surface area contributed by atoms with Gasteiger partial charge in [-0.15, -0.1) is 0 Å². The van der Waals surface area contributed by atoms with Gasteiger partial charge in [-0.3, -0.25) is 4.79 Å². The van der Waals surface area contributed by atoms with E-state index in [1.807, 2.05) is 17.9 Å². The van der Waals surface area contributed by atoms with Gasteiger partial charge in [-0.2, -0.15) is 0 Å². The van der Waals surface area contributed by atoms with E-state index in [1.165, 1.54) is 0 Å². The molecule has 2 rings (SSSR count). The van der Waals surface area contributed by atoms with Crippen molar-refractivity contribution in [3.8, 4) is 5.75 Å². The van der Waals surface area contributed by atoms with Gasteiger partial charge < -0.3 is 15.3 Å². The molecule has 1 amide bonds. The Bertz CT molecular complexity index is 457. The van der Waals surface area contributed by atoms with Crippen molar-refractivity contribution in [1.82, 2.24) is 10.2 Å². The van der Waals surface area contributed by atoms with Crippen molar-refractivity contribution in [3.63, 3.8) is 0 Å². The number of aromatic hydroxyl groups is 1. The van der Waals surface area contributed by atoms with Gasteiger partial charge in [0.1, 0.15) is 5.75 Å². The summed E-state index contributed by atoms with van der Waals surface area (Å²) in [6.45, 7) is 6.41. The van der Waals surface area contributed by atoms with E-state index in [2.05, 4.69) is 12.2 Å². The molecule has 1 aromatic rings. The van der Waals surface area contributed by atoms with Crippen molar-refractivity contribution in [2.45, 2.75) is 32.7 Å². The Balaban J connectivity index is 2.12. The number of hydrogen-bond donors (Lipinski definition) is 2. The lowest BCUT2D eigenvalue weighted by Gasteiger charge is -2.33. The van der Waals surface area contributed by atoms with Crippen LogP contribution in [0.4, 0.5) is 0 Å². The van der Waals surface area contributed by atoms with Crippen molar-refractivity contribution in [3.05, 3.63) is 29.3 Å². The zero-order valence-corrected chi connectivity index (χ0v) is 11.6. The Morgan fingerprint density at radius 1 is 1.53 bits per heavy atom. The highest BCUT2D eigenvalue weighted by Crippen LogP contribution is 2.22. The molecule has 4 nitrogen and oxygen atoms in total. The SMILES string of the molecule is CCNC1CCCN(C(=O)c2cc(C)ccc2O)C1. The zero-order valence-electron chi connectivity index (χ0n) is 11.6. The van der Waals surface area contributed by atoms with Crippen LogP contribution < -0.4 is 5.32 Å². The summed E-state index contributed by atoms with van der Waals surface area (Å²) in [5.74, 6) is 0.00461. The van der Waals surface area contributed by atoms with Crippen molar-refractivity contribution < 1.29 is 9.90 Å². The van der Waals surface area contributed by atoms with E-state index in [0.29, 0.717) is 11.6 Å².